The summed E-state index contributed by atoms with van der Waals surface area (Å²) in [5, 5.41) is 0. The summed E-state index contributed by atoms with van der Waals surface area (Å²) in [6.07, 6.45) is 14.2. The molecule has 23 heavy (non-hydrogen) atoms. The van der Waals surface area contributed by atoms with Crippen molar-refractivity contribution in [1.29, 1.82) is 0 Å². The van der Waals surface area contributed by atoms with Crippen molar-refractivity contribution >= 4 is 37.6 Å². The normalized spacial score (nSPS) is 26.1. The third-order valence-corrected chi connectivity index (χ3v) is 22.7. The molecule has 4 atom stereocenters. The molecule has 0 saturated heterocycles. The van der Waals surface area contributed by atoms with Gasteiger partial charge in [0.05, 0.1) is 0 Å². The summed E-state index contributed by atoms with van der Waals surface area (Å²) in [4.78, 5) is 6.15. The van der Waals surface area contributed by atoms with E-state index in [1.807, 2.05) is 0 Å². The summed E-state index contributed by atoms with van der Waals surface area (Å²) in [6.45, 7) is 4.67. The van der Waals surface area contributed by atoms with Crippen LogP contribution in [0.5, 0.6) is 0 Å². The molecule has 0 radical (unpaired) electrons. The molecular weight excluding hydrogens is 481 g/mol. The first-order valence-corrected chi connectivity index (χ1v) is 18.6. The Kier molecular flexibility index (Phi) is 7.92. The molecule has 0 N–H and O–H groups in total. The van der Waals surface area contributed by atoms with E-state index >= 15 is 0 Å². The summed E-state index contributed by atoms with van der Waals surface area (Å²) in [5.74, 6) is 0. The van der Waals surface area contributed by atoms with Crippen molar-refractivity contribution in [1.82, 2.24) is 9.80 Å². The molecule has 0 aromatic rings. The zero-order valence-corrected chi connectivity index (χ0v) is 20.0. The van der Waals surface area contributed by atoms with Gasteiger partial charge in [0.25, 0.3) is 0 Å². The van der Waals surface area contributed by atoms with Gasteiger partial charge in [-0.1, -0.05) is 0 Å². The van der Waals surface area contributed by atoms with Crippen LogP contribution < -0.4 is 0 Å². The van der Waals surface area contributed by atoms with Crippen molar-refractivity contribution in [2.24, 2.45) is 0 Å². The molecule has 2 aliphatic rings. The summed E-state index contributed by atoms with van der Waals surface area (Å²) < 4.78 is 0. The van der Waals surface area contributed by atoms with E-state index in [2.05, 4.69) is 88.3 Å². The van der Waals surface area contributed by atoms with Gasteiger partial charge in [-0.25, -0.2) is 0 Å². The van der Waals surface area contributed by atoms with Crippen LogP contribution >= 0.6 is 0 Å². The van der Waals surface area contributed by atoms with E-state index in [9.17, 15) is 0 Å². The fraction of sp³-hybridized carbons (Fsp3) is 0.556. The van der Waals surface area contributed by atoms with Crippen LogP contribution in [0.25, 0.3) is 0 Å². The van der Waals surface area contributed by atoms with Gasteiger partial charge in [0.15, 0.2) is 0 Å². The van der Waals surface area contributed by atoms with Crippen molar-refractivity contribution in [3.8, 4) is 0 Å². The van der Waals surface area contributed by atoms with Gasteiger partial charge in [0.2, 0.25) is 0 Å². The van der Waals surface area contributed by atoms with Crippen LogP contribution in [0.15, 0.2) is 47.6 Å². The average Bonchev–Trinajstić information content (AvgIpc) is 3.14. The Bertz CT molecular complexity index is 474. The van der Waals surface area contributed by atoms with Gasteiger partial charge in [0, 0.05) is 0 Å². The molecular formula is C18H28N2Se3. The van der Waals surface area contributed by atoms with Crippen molar-refractivity contribution in [3.05, 3.63) is 47.6 Å². The average molecular weight is 509 g/mol. The maximum atomic E-state index is 2.44. The minimum absolute atomic E-state index is 0.566. The molecule has 0 aliphatic heterocycles. The Morgan fingerprint density at radius 3 is 1.52 bits per heavy atom. The molecule has 2 rings (SSSR count). The van der Waals surface area contributed by atoms with Crippen molar-refractivity contribution < 1.29 is 0 Å². The Morgan fingerprint density at radius 2 is 1.17 bits per heavy atom. The van der Waals surface area contributed by atoms with Crippen LogP contribution in [0.1, 0.15) is 13.8 Å². The fourth-order valence-corrected chi connectivity index (χ4v) is 23.6. The van der Waals surface area contributed by atoms with Gasteiger partial charge < -0.3 is 0 Å². The summed E-state index contributed by atoms with van der Waals surface area (Å²) >= 11 is 2.31. The Morgan fingerprint density at radius 1 is 0.783 bits per heavy atom. The molecule has 0 spiro atoms. The van der Waals surface area contributed by atoms with Gasteiger partial charge >= 0.3 is 159 Å². The first-order valence-electron chi connectivity index (χ1n) is 8.00. The van der Waals surface area contributed by atoms with Crippen molar-refractivity contribution in [3.63, 3.8) is 0 Å². The van der Waals surface area contributed by atoms with E-state index in [0.29, 0.717) is 12.1 Å². The van der Waals surface area contributed by atoms with Gasteiger partial charge in [0.1, 0.15) is 0 Å². The van der Waals surface area contributed by atoms with E-state index in [4.69, 9.17) is 0 Å². The number of rotatable bonds is 8. The molecule has 0 bridgehead atoms. The molecule has 2 aliphatic carbocycles. The zero-order valence-electron chi connectivity index (χ0n) is 14.9. The van der Waals surface area contributed by atoms with E-state index in [1.165, 1.54) is 0 Å². The number of nitrogens with zero attached hydrogens (tertiary/aromatic N) is 2. The van der Waals surface area contributed by atoms with Gasteiger partial charge in [-0.05, 0) is 0 Å². The summed E-state index contributed by atoms with van der Waals surface area (Å²) in [5.41, 5.74) is 3.26. The number of allylic oxidation sites excluding steroid dienone is 6. The van der Waals surface area contributed by atoms with Crippen LogP contribution in [0.4, 0.5) is 0 Å². The van der Waals surface area contributed by atoms with Crippen molar-refractivity contribution in [2.45, 2.75) is 35.6 Å². The predicted molar refractivity (Wildman–Crippen MR) is 106 cm³/mol. The quantitative estimate of drug-likeness (QED) is 0.464. The maximum absolute atomic E-state index is 2.44. The summed E-state index contributed by atoms with van der Waals surface area (Å²) in [6, 6.07) is 1.13. The third-order valence-electron chi connectivity index (χ3n) is 4.61. The fourth-order valence-electron chi connectivity index (χ4n) is 2.58. The van der Waals surface area contributed by atoms with Crippen LogP contribution in [0.3, 0.4) is 0 Å². The molecule has 0 saturated carbocycles. The zero-order chi connectivity index (χ0) is 17.0. The molecule has 0 amide bonds. The SMILES string of the molecule is C[C@H](C1=CC=CC1[Se][Se][Se]C1C=CC=C1[C@@H](C)N(C)C)N(C)C. The van der Waals surface area contributed by atoms with Crippen LogP contribution in [0.2, 0.25) is 9.63 Å². The van der Waals surface area contributed by atoms with E-state index < -0.39 is 0 Å². The molecule has 0 fully saturated rings. The molecule has 0 heterocycles. The third kappa shape index (κ3) is 5.20. The molecule has 0 aromatic heterocycles. The van der Waals surface area contributed by atoms with E-state index in [0.717, 1.165) is 47.2 Å². The van der Waals surface area contributed by atoms with Gasteiger partial charge in [-0.3, -0.25) is 0 Å². The van der Waals surface area contributed by atoms with Crippen LogP contribution in [-0.4, -0.2) is 87.6 Å². The number of hydrogen-bond donors (Lipinski definition) is 0. The first-order chi connectivity index (χ1) is 10.9. The minimum atomic E-state index is 0.566. The first kappa shape index (κ1) is 19.8. The van der Waals surface area contributed by atoms with E-state index in [1.54, 1.807) is 11.1 Å². The Hall–Kier alpha value is 0.438. The molecule has 2 unspecified atom stereocenters. The molecule has 5 heteroatoms. The standard InChI is InChI=1S/C18H28N2Se3/c1-13(19(3)4)15-9-7-11-17(15)21-23-22-18-12-8-10-16(18)14(2)20(5)6/h7-14,17-18H,1-6H3/t13-,14-,17?,18?/m1/s1. The van der Waals surface area contributed by atoms with Crippen LogP contribution in [-0.2, 0) is 0 Å². The predicted octanol–water partition coefficient (Wildman–Crippen LogP) is 2.40. The summed E-state index contributed by atoms with van der Waals surface area (Å²) in [7, 11) is 8.75. The Labute approximate surface area is 158 Å². The number of likely N-dealkylation sites (N-methyl/N-ethyl adjacent to an activating group) is 2. The van der Waals surface area contributed by atoms with Crippen LogP contribution in [0, 0.1) is 0 Å². The second-order valence-electron chi connectivity index (χ2n) is 6.48. The second-order valence-corrected chi connectivity index (χ2v) is 23.1. The van der Waals surface area contributed by atoms with Gasteiger partial charge in [-0.15, -0.1) is 0 Å². The van der Waals surface area contributed by atoms with Gasteiger partial charge in [-0.2, -0.15) is 0 Å². The van der Waals surface area contributed by atoms with E-state index in [-0.39, 0.29) is 0 Å². The Balaban J connectivity index is 1.83. The topological polar surface area (TPSA) is 6.48 Å². The number of hydrogen-bond acceptors (Lipinski definition) is 2. The second kappa shape index (κ2) is 9.22. The van der Waals surface area contributed by atoms with Crippen molar-refractivity contribution in [2.75, 3.05) is 28.2 Å². The molecule has 0 aromatic carbocycles. The monoisotopic (exact) mass is 512 g/mol. The molecule has 2 nitrogen and oxygen atoms in total. The molecule has 128 valence electrons.